The second-order valence-corrected chi connectivity index (χ2v) is 5.85. The molecule has 0 fully saturated rings. The Morgan fingerprint density at radius 2 is 1.83 bits per heavy atom. The molecule has 0 aliphatic heterocycles. The van der Waals surface area contributed by atoms with Crippen LogP contribution in [0.2, 0.25) is 0 Å². The Labute approximate surface area is 145 Å². The number of hydrogen-bond acceptors (Lipinski definition) is 5. The van der Waals surface area contributed by atoms with Crippen molar-refractivity contribution < 1.29 is 19.1 Å². The maximum Gasteiger partial charge on any atom is 0.342 e. The predicted octanol–water partition coefficient (Wildman–Crippen LogP) is 3.60. The molecule has 1 atom stereocenters. The monoisotopic (exact) mass is 345 g/mol. The number of amides is 1. The van der Waals surface area contributed by atoms with E-state index in [0.29, 0.717) is 11.4 Å². The Morgan fingerprint density at radius 3 is 2.46 bits per heavy atom. The topological polar surface area (TPSA) is 64.6 Å². The summed E-state index contributed by atoms with van der Waals surface area (Å²) in [4.78, 5) is 25.4. The van der Waals surface area contributed by atoms with E-state index >= 15 is 0 Å². The molecule has 1 N–H and O–H groups in total. The molecule has 0 aliphatic carbocycles. The van der Waals surface area contributed by atoms with Crippen molar-refractivity contribution in [1.29, 1.82) is 0 Å². The fourth-order valence-electron chi connectivity index (χ4n) is 2.01. The third-order valence-electron chi connectivity index (χ3n) is 3.32. The first-order valence-electron chi connectivity index (χ1n) is 7.34. The van der Waals surface area contributed by atoms with Gasteiger partial charge in [-0.05, 0) is 43.5 Å². The number of benzene rings is 2. The average Bonchev–Trinajstić information content (AvgIpc) is 2.61. The highest BCUT2D eigenvalue weighted by Crippen LogP contribution is 2.26. The summed E-state index contributed by atoms with van der Waals surface area (Å²) in [7, 11) is 1.49. The lowest BCUT2D eigenvalue weighted by molar-refractivity contribution is -0.123. The van der Waals surface area contributed by atoms with Crippen LogP contribution in [0, 0.1) is 0 Å². The van der Waals surface area contributed by atoms with Gasteiger partial charge in [0.1, 0.15) is 11.3 Å². The van der Waals surface area contributed by atoms with Crippen molar-refractivity contribution in [2.45, 2.75) is 17.9 Å². The van der Waals surface area contributed by atoms with Crippen molar-refractivity contribution in [3.05, 3.63) is 54.1 Å². The number of ether oxygens (including phenoxy) is 2. The molecule has 0 aliphatic rings. The maximum absolute atomic E-state index is 12.3. The highest BCUT2D eigenvalue weighted by Gasteiger charge is 2.21. The van der Waals surface area contributed by atoms with Crippen molar-refractivity contribution in [2.24, 2.45) is 0 Å². The van der Waals surface area contributed by atoms with Crippen LogP contribution in [0.3, 0.4) is 0 Å². The standard InChI is InChI=1S/C18H19NO4S/c1-12(17(20)19-13-7-5-4-6-8-13)23-18(21)15-10-9-14(24-3)11-16(15)22-2/h4-12H,1-3H3,(H,19,20)/t12-/m0/s1. The highest BCUT2D eigenvalue weighted by molar-refractivity contribution is 7.98. The molecular formula is C18H19NO4S. The molecule has 0 aromatic heterocycles. The molecule has 0 bridgehead atoms. The van der Waals surface area contributed by atoms with Gasteiger partial charge in [0.05, 0.1) is 7.11 Å². The molecule has 0 unspecified atom stereocenters. The lowest BCUT2D eigenvalue weighted by atomic mass is 10.2. The Hall–Kier alpha value is -2.47. The number of methoxy groups -OCH3 is 1. The zero-order valence-electron chi connectivity index (χ0n) is 13.7. The number of nitrogens with one attached hydrogen (secondary N) is 1. The van der Waals surface area contributed by atoms with E-state index in [1.807, 2.05) is 24.5 Å². The van der Waals surface area contributed by atoms with E-state index in [0.717, 1.165) is 4.90 Å². The van der Waals surface area contributed by atoms with E-state index in [4.69, 9.17) is 9.47 Å². The number of carbonyl (C=O) groups is 2. The number of esters is 1. The van der Waals surface area contributed by atoms with Gasteiger partial charge in [0, 0.05) is 10.6 Å². The summed E-state index contributed by atoms with van der Waals surface area (Å²) in [6.07, 6.45) is 1.01. The van der Waals surface area contributed by atoms with Crippen LogP contribution in [0.15, 0.2) is 53.4 Å². The van der Waals surface area contributed by atoms with Gasteiger partial charge in [-0.15, -0.1) is 11.8 Å². The van der Waals surface area contributed by atoms with Crippen molar-refractivity contribution in [2.75, 3.05) is 18.7 Å². The Morgan fingerprint density at radius 1 is 1.12 bits per heavy atom. The van der Waals surface area contributed by atoms with Gasteiger partial charge >= 0.3 is 5.97 Å². The van der Waals surface area contributed by atoms with Crippen molar-refractivity contribution in [3.63, 3.8) is 0 Å². The van der Waals surface area contributed by atoms with Gasteiger partial charge in [0.15, 0.2) is 6.10 Å². The average molecular weight is 345 g/mol. The lowest BCUT2D eigenvalue weighted by Crippen LogP contribution is -2.30. The molecule has 1 amide bonds. The highest BCUT2D eigenvalue weighted by atomic mass is 32.2. The number of rotatable bonds is 6. The summed E-state index contributed by atoms with van der Waals surface area (Å²) >= 11 is 1.54. The summed E-state index contributed by atoms with van der Waals surface area (Å²) in [5, 5.41) is 2.69. The fourth-order valence-corrected chi connectivity index (χ4v) is 2.44. The summed E-state index contributed by atoms with van der Waals surface area (Å²) in [6.45, 7) is 1.53. The molecule has 6 heteroatoms. The molecule has 0 heterocycles. The third-order valence-corrected chi connectivity index (χ3v) is 4.05. The lowest BCUT2D eigenvalue weighted by Gasteiger charge is -2.15. The van der Waals surface area contributed by atoms with Crippen LogP contribution >= 0.6 is 11.8 Å². The number of thioether (sulfide) groups is 1. The minimum Gasteiger partial charge on any atom is -0.496 e. The Kier molecular flexibility index (Phi) is 6.26. The van der Waals surface area contributed by atoms with Crippen LogP contribution in [-0.4, -0.2) is 31.3 Å². The first kappa shape index (κ1) is 17.9. The van der Waals surface area contributed by atoms with Crippen LogP contribution in [0.1, 0.15) is 17.3 Å². The molecule has 24 heavy (non-hydrogen) atoms. The van der Waals surface area contributed by atoms with Crippen LogP contribution < -0.4 is 10.1 Å². The van der Waals surface area contributed by atoms with E-state index in [-0.39, 0.29) is 5.56 Å². The van der Waals surface area contributed by atoms with Gasteiger partial charge in [-0.1, -0.05) is 18.2 Å². The third kappa shape index (κ3) is 4.52. The van der Waals surface area contributed by atoms with Crippen LogP contribution in [-0.2, 0) is 9.53 Å². The quantitative estimate of drug-likeness (QED) is 0.640. The first-order valence-corrected chi connectivity index (χ1v) is 8.56. The number of carbonyl (C=O) groups excluding carboxylic acids is 2. The number of para-hydroxylation sites is 1. The fraction of sp³-hybridized carbons (Fsp3) is 0.222. The minimum absolute atomic E-state index is 0.287. The summed E-state index contributed by atoms with van der Waals surface area (Å²) in [6, 6.07) is 14.2. The second kappa shape index (κ2) is 8.40. The first-order chi connectivity index (χ1) is 11.5. The Balaban J connectivity index is 2.04. The zero-order valence-corrected chi connectivity index (χ0v) is 14.6. The van der Waals surface area contributed by atoms with Crippen molar-refractivity contribution in [3.8, 4) is 5.75 Å². The van der Waals surface area contributed by atoms with Gasteiger partial charge < -0.3 is 14.8 Å². The van der Waals surface area contributed by atoms with E-state index in [9.17, 15) is 9.59 Å². The summed E-state index contributed by atoms with van der Waals surface area (Å²) in [5.74, 6) is -0.577. The van der Waals surface area contributed by atoms with Crippen molar-refractivity contribution in [1.82, 2.24) is 0 Å². The smallest absolute Gasteiger partial charge is 0.342 e. The molecule has 0 saturated carbocycles. The van der Waals surface area contributed by atoms with Crippen LogP contribution in [0.5, 0.6) is 5.75 Å². The molecule has 5 nitrogen and oxygen atoms in total. The molecule has 0 spiro atoms. The van der Waals surface area contributed by atoms with E-state index in [1.165, 1.54) is 14.0 Å². The molecule has 0 radical (unpaired) electrons. The molecule has 2 rings (SSSR count). The molecule has 2 aromatic rings. The minimum atomic E-state index is -0.928. The van der Waals surface area contributed by atoms with Gasteiger partial charge in [-0.3, -0.25) is 4.79 Å². The number of hydrogen-bond donors (Lipinski definition) is 1. The van der Waals surface area contributed by atoms with E-state index < -0.39 is 18.0 Å². The van der Waals surface area contributed by atoms with Crippen LogP contribution in [0.4, 0.5) is 5.69 Å². The van der Waals surface area contributed by atoms with Gasteiger partial charge in [0.25, 0.3) is 5.91 Å². The second-order valence-electron chi connectivity index (χ2n) is 4.97. The van der Waals surface area contributed by atoms with Crippen LogP contribution in [0.25, 0.3) is 0 Å². The van der Waals surface area contributed by atoms with Gasteiger partial charge in [-0.2, -0.15) is 0 Å². The molecular weight excluding hydrogens is 326 g/mol. The molecule has 126 valence electrons. The van der Waals surface area contributed by atoms with E-state index in [2.05, 4.69) is 5.32 Å². The zero-order chi connectivity index (χ0) is 17.5. The predicted molar refractivity (Wildman–Crippen MR) is 94.7 cm³/mol. The normalized spacial score (nSPS) is 11.5. The Bertz CT molecular complexity index is 718. The molecule has 0 saturated heterocycles. The van der Waals surface area contributed by atoms with E-state index in [1.54, 1.807) is 42.1 Å². The van der Waals surface area contributed by atoms with Crippen molar-refractivity contribution >= 4 is 29.3 Å². The summed E-state index contributed by atoms with van der Waals surface area (Å²) in [5.41, 5.74) is 0.932. The SMILES string of the molecule is COc1cc(SC)ccc1C(=O)O[C@@H](C)C(=O)Nc1ccccc1. The molecule has 2 aromatic carbocycles. The van der Waals surface area contributed by atoms with Gasteiger partial charge in [-0.25, -0.2) is 4.79 Å². The summed E-state index contributed by atoms with van der Waals surface area (Å²) < 4.78 is 10.5. The maximum atomic E-state index is 12.3. The largest absolute Gasteiger partial charge is 0.496 e. The van der Waals surface area contributed by atoms with Gasteiger partial charge in [0.2, 0.25) is 0 Å². The number of anilines is 1.